The first kappa shape index (κ1) is 17.0. The highest BCUT2D eigenvalue weighted by atomic mass is 35.5. The molecule has 1 amide bonds. The van der Waals surface area contributed by atoms with Gasteiger partial charge < -0.3 is 9.73 Å². The number of hydrogen-bond acceptors (Lipinski definition) is 5. The molecule has 2 aromatic carbocycles. The summed E-state index contributed by atoms with van der Waals surface area (Å²) in [6, 6.07) is 8.22. The maximum atomic E-state index is 12.2. The first-order chi connectivity index (χ1) is 11.8. The summed E-state index contributed by atoms with van der Waals surface area (Å²) in [6.45, 7) is -0.382. The number of carbonyl (C=O) groups is 1. The summed E-state index contributed by atoms with van der Waals surface area (Å²) in [4.78, 5) is 34.4. The van der Waals surface area contributed by atoms with E-state index in [1.54, 1.807) is 6.07 Å². The van der Waals surface area contributed by atoms with E-state index in [-0.39, 0.29) is 28.4 Å². The van der Waals surface area contributed by atoms with Crippen LogP contribution in [0.25, 0.3) is 11.1 Å². The smallest absolute Gasteiger partial charge is 0.408 e. The number of benzene rings is 2. The molecular formula is C15H9Cl2N3O5. The molecular weight excluding hydrogens is 373 g/mol. The Balaban J connectivity index is 1.88. The lowest BCUT2D eigenvalue weighted by Crippen LogP contribution is -2.24. The van der Waals surface area contributed by atoms with Crippen molar-refractivity contribution in [3.8, 4) is 0 Å². The fourth-order valence-corrected chi connectivity index (χ4v) is 2.53. The summed E-state index contributed by atoms with van der Waals surface area (Å²) in [6.07, 6.45) is 0. The van der Waals surface area contributed by atoms with Crippen LogP contribution in [0, 0.1) is 10.1 Å². The maximum Gasteiger partial charge on any atom is 0.420 e. The van der Waals surface area contributed by atoms with Crippen LogP contribution in [0.1, 0.15) is 0 Å². The summed E-state index contributed by atoms with van der Waals surface area (Å²) in [5, 5.41) is 14.0. The molecule has 10 heteroatoms. The van der Waals surface area contributed by atoms with E-state index >= 15 is 0 Å². The van der Waals surface area contributed by atoms with E-state index in [2.05, 4.69) is 5.32 Å². The number of nitro groups is 1. The molecule has 1 aromatic heterocycles. The number of hydrogen-bond donors (Lipinski definition) is 1. The van der Waals surface area contributed by atoms with Crippen molar-refractivity contribution in [2.24, 2.45) is 0 Å². The SMILES string of the molecule is O=C(Cn1c(=O)oc2ccc([N+](=O)[O-])cc21)Nc1ccc(Cl)c(Cl)c1. The molecule has 1 heterocycles. The Bertz CT molecular complexity index is 1060. The number of oxazole rings is 1. The standard InChI is InChI=1S/C15H9Cl2N3O5/c16-10-3-1-8(5-11(10)17)18-14(21)7-19-12-6-9(20(23)24)2-4-13(12)25-15(19)22/h1-6H,7H2,(H,18,21). The Morgan fingerprint density at radius 3 is 2.64 bits per heavy atom. The zero-order chi connectivity index (χ0) is 18.1. The van der Waals surface area contributed by atoms with Gasteiger partial charge in [-0.3, -0.25) is 19.5 Å². The second kappa shape index (κ2) is 6.58. The van der Waals surface area contributed by atoms with Crippen LogP contribution in [-0.4, -0.2) is 15.4 Å². The number of aromatic nitrogens is 1. The summed E-state index contributed by atoms with van der Waals surface area (Å²) < 4.78 is 6.00. The van der Waals surface area contributed by atoms with Gasteiger partial charge in [0, 0.05) is 17.8 Å². The van der Waals surface area contributed by atoms with Crippen molar-refractivity contribution in [1.29, 1.82) is 0 Å². The molecule has 0 radical (unpaired) electrons. The maximum absolute atomic E-state index is 12.2. The lowest BCUT2D eigenvalue weighted by atomic mass is 10.3. The topological polar surface area (TPSA) is 107 Å². The Kier molecular flexibility index (Phi) is 4.47. The molecule has 1 N–H and O–H groups in total. The van der Waals surface area contributed by atoms with Crippen molar-refractivity contribution < 1.29 is 14.1 Å². The highest BCUT2D eigenvalue weighted by molar-refractivity contribution is 6.42. The van der Waals surface area contributed by atoms with Gasteiger partial charge in [0.05, 0.1) is 20.5 Å². The van der Waals surface area contributed by atoms with Gasteiger partial charge in [-0.05, 0) is 24.3 Å². The number of fused-ring (bicyclic) bond motifs is 1. The van der Waals surface area contributed by atoms with Gasteiger partial charge in [-0.15, -0.1) is 0 Å². The minimum Gasteiger partial charge on any atom is -0.408 e. The number of carbonyl (C=O) groups excluding carboxylic acids is 1. The third-order valence-electron chi connectivity index (χ3n) is 3.37. The van der Waals surface area contributed by atoms with Gasteiger partial charge in [0.15, 0.2) is 5.58 Å². The average molecular weight is 382 g/mol. The molecule has 25 heavy (non-hydrogen) atoms. The molecule has 0 atom stereocenters. The molecule has 3 aromatic rings. The predicted molar refractivity (Wildman–Crippen MR) is 92.2 cm³/mol. The molecule has 0 saturated heterocycles. The largest absolute Gasteiger partial charge is 0.420 e. The summed E-state index contributed by atoms with van der Waals surface area (Å²) in [5.41, 5.74) is 0.486. The first-order valence-corrected chi connectivity index (χ1v) is 7.63. The van der Waals surface area contributed by atoms with Gasteiger partial charge in [0.1, 0.15) is 6.54 Å². The monoisotopic (exact) mass is 381 g/mol. The Labute approximate surface area is 149 Å². The van der Waals surface area contributed by atoms with Crippen molar-refractivity contribution in [3.05, 3.63) is 67.1 Å². The highest BCUT2D eigenvalue weighted by Crippen LogP contribution is 2.25. The number of halogens is 2. The molecule has 0 bridgehead atoms. The second-order valence-electron chi connectivity index (χ2n) is 5.04. The summed E-state index contributed by atoms with van der Waals surface area (Å²) in [7, 11) is 0. The molecule has 8 nitrogen and oxygen atoms in total. The quantitative estimate of drug-likeness (QED) is 0.549. The molecule has 0 saturated carbocycles. The van der Waals surface area contributed by atoms with Crippen molar-refractivity contribution in [2.45, 2.75) is 6.54 Å². The first-order valence-electron chi connectivity index (χ1n) is 6.88. The minimum absolute atomic E-state index is 0.151. The normalized spacial score (nSPS) is 10.8. The van der Waals surface area contributed by atoms with E-state index in [4.69, 9.17) is 27.6 Å². The van der Waals surface area contributed by atoms with E-state index in [0.717, 1.165) is 4.57 Å². The molecule has 0 aliphatic rings. The van der Waals surface area contributed by atoms with Crippen LogP contribution in [0.3, 0.4) is 0 Å². The van der Waals surface area contributed by atoms with Gasteiger partial charge in [-0.1, -0.05) is 23.2 Å². The third kappa shape index (κ3) is 3.49. The summed E-state index contributed by atoms with van der Waals surface area (Å²) in [5.74, 6) is -1.32. The Morgan fingerprint density at radius 1 is 1.20 bits per heavy atom. The van der Waals surface area contributed by atoms with Crippen LogP contribution in [0.2, 0.25) is 10.0 Å². The molecule has 0 unspecified atom stereocenters. The number of amides is 1. The fourth-order valence-electron chi connectivity index (χ4n) is 2.23. The van der Waals surface area contributed by atoms with Gasteiger partial charge in [-0.25, -0.2) is 4.79 Å². The van der Waals surface area contributed by atoms with Crippen LogP contribution in [0.5, 0.6) is 0 Å². The zero-order valence-electron chi connectivity index (χ0n) is 12.4. The Hall–Kier alpha value is -2.84. The van der Waals surface area contributed by atoms with Crippen molar-refractivity contribution >= 4 is 51.6 Å². The zero-order valence-corrected chi connectivity index (χ0v) is 13.9. The van der Waals surface area contributed by atoms with E-state index < -0.39 is 16.6 Å². The number of nitrogens with zero attached hydrogens (tertiary/aromatic N) is 2. The molecule has 0 spiro atoms. The Morgan fingerprint density at radius 2 is 1.96 bits per heavy atom. The molecule has 128 valence electrons. The molecule has 0 fully saturated rings. The minimum atomic E-state index is -0.792. The number of rotatable bonds is 4. The third-order valence-corrected chi connectivity index (χ3v) is 4.11. The van der Waals surface area contributed by atoms with E-state index in [0.29, 0.717) is 10.7 Å². The average Bonchev–Trinajstić information content (AvgIpc) is 2.86. The van der Waals surface area contributed by atoms with Crippen LogP contribution < -0.4 is 11.1 Å². The number of nitrogens with one attached hydrogen (secondary N) is 1. The fraction of sp³-hybridized carbons (Fsp3) is 0.0667. The number of non-ortho nitro benzene ring substituents is 1. The molecule has 0 aliphatic carbocycles. The summed E-state index contributed by atoms with van der Waals surface area (Å²) >= 11 is 11.7. The van der Waals surface area contributed by atoms with Crippen molar-refractivity contribution in [2.75, 3.05) is 5.32 Å². The van der Waals surface area contributed by atoms with Gasteiger partial charge >= 0.3 is 5.76 Å². The van der Waals surface area contributed by atoms with Gasteiger partial charge in [0.25, 0.3) is 5.69 Å². The molecule has 0 aliphatic heterocycles. The van der Waals surface area contributed by atoms with Crippen LogP contribution in [0.4, 0.5) is 11.4 Å². The number of anilines is 1. The van der Waals surface area contributed by atoms with E-state index in [1.165, 1.54) is 30.3 Å². The van der Waals surface area contributed by atoms with E-state index in [9.17, 15) is 19.7 Å². The predicted octanol–water partition coefficient (Wildman–Crippen LogP) is 3.45. The molecule has 3 rings (SSSR count). The van der Waals surface area contributed by atoms with E-state index in [1.807, 2.05) is 0 Å². The lowest BCUT2D eigenvalue weighted by molar-refractivity contribution is -0.384. The van der Waals surface area contributed by atoms with Crippen LogP contribution in [0.15, 0.2) is 45.6 Å². The van der Waals surface area contributed by atoms with Gasteiger partial charge in [-0.2, -0.15) is 0 Å². The van der Waals surface area contributed by atoms with Gasteiger partial charge in [0.2, 0.25) is 5.91 Å². The van der Waals surface area contributed by atoms with Crippen molar-refractivity contribution in [1.82, 2.24) is 4.57 Å². The highest BCUT2D eigenvalue weighted by Gasteiger charge is 2.16. The van der Waals surface area contributed by atoms with Crippen LogP contribution in [-0.2, 0) is 11.3 Å². The van der Waals surface area contributed by atoms with Crippen molar-refractivity contribution in [3.63, 3.8) is 0 Å². The number of nitro benzene ring substituents is 1. The lowest BCUT2D eigenvalue weighted by Gasteiger charge is -2.06. The van der Waals surface area contributed by atoms with Crippen LogP contribution >= 0.6 is 23.2 Å². The second-order valence-corrected chi connectivity index (χ2v) is 5.85.